The monoisotopic (exact) mass is 357 g/mol. The molecule has 0 heterocycles. The Hall–Kier alpha value is -2.02. The number of nitrogens with two attached hydrogens (primary N) is 1. The van der Waals surface area contributed by atoms with E-state index in [0.29, 0.717) is 34.0 Å². The van der Waals surface area contributed by atoms with Gasteiger partial charge in [0.05, 0.1) is 33.2 Å². The Morgan fingerprint density at radius 1 is 1.04 bits per heavy atom. The highest BCUT2D eigenvalue weighted by Crippen LogP contribution is 2.30. The SMILES string of the molecule is Nc1ccc(N=Nc2ccc(S(=O)(=O)O)cc2)cc1SOOO. The summed E-state index contributed by atoms with van der Waals surface area (Å²) in [6.07, 6.45) is 0. The van der Waals surface area contributed by atoms with Crippen molar-refractivity contribution in [3.05, 3.63) is 42.5 Å². The molecule has 0 amide bonds. The second-order valence-electron chi connectivity index (χ2n) is 4.12. The number of azo groups is 1. The molecule has 0 fully saturated rings. The molecule has 4 N–H and O–H groups in total. The Labute approximate surface area is 135 Å². The average Bonchev–Trinajstić information content (AvgIpc) is 2.52. The predicted molar refractivity (Wildman–Crippen MR) is 81.9 cm³/mol. The number of benzene rings is 2. The number of hydrogen-bond acceptors (Lipinski definition) is 9. The van der Waals surface area contributed by atoms with Crippen molar-refractivity contribution >= 4 is 39.2 Å². The molecule has 2 aromatic rings. The Bertz CT molecular complexity index is 808. The number of nitrogen functional groups attached to an aromatic ring is 1. The molecule has 0 radical (unpaired) electrons. The highest BCUT2D eigenvalue weighted by atomic mass is 32.2. The van der Waals surface area contributed by atoms with Crippen LogP contribution >= 0.6 is 12.0 Å². The molecule has 0 aliphatic rings. The van der Waals surface area contributed by atoms with Crippen molar-refractivity contribution in [2.45, 2.75) is 9.79 Å². The van der Waals surface area contributed by atoms with Gasteiger partial charge in [-0.1, -0.05) is 5.04 Å². The Morgan fingerprint density at radius 2 is 1.65 bits per heavy atom. The van der Waals surface area contributed by atoms with E-state index in [-0.39, 0.29) is 4.90 Å². The van der Waals surface area contributed by atoms with Crippen molar-refractivity contribution < 1.29 is 27.6 Å². The second-order valence-corrected chi connectivity index (χ2v) is 6.28. The van der Waals surface area contributed by atoms with Gasteiger partial charge in [0.2, 0.25) is 0 Å². The molecule has 0 bridgehead atoms. The summed E-state index contributed by atoms with van der Waals surface area (Å²) in [5.41, 5.74) is 6.93. The maximum absolute atomic E-state index is 10.9. The van der Waals surface area contributed by atoms with Crippen LogP contribution < -0.4 is 5.73 Å². The van der Waals surface area contributed by atoms with E-state index < -0.39 is 10.1 Å². The molecule has 122 valence electrons. The van der Waals surface area contributed by atoms with Crippen LogP contribution in [-0.2, 0) is 19.5 Å². The van der Waals surface area contributed by atoms with E-state index >= 15 is 0 Å². The van der Waals surface area contributed by atoms with Gasteiger partial charge in [-0.05, 0) is 42.5 Å². The third-order valence-electron chi connectivity index (χ3n) is 2.57. The minimum Gasteiger partial charge on any atom is -0.398 e. The van der Waals surface area contributed by atoms with Crippen molar-refractivity contribution in [1.82, 2.24) is 0 Å². The lowest BCUT2D eigenvalue weighted by atomic mass is 10.3. The minimum absolute atomic E-state index is 0.233. The van der Waals surface area contributed by atoms with Crippen LogP contribution in [0.1, 0.15) is 0 Å². The Morgan fingerprint density at radius 3 is 2.26 bits per heavy atom. The molecule has 0 saturated heterocycles. The summed E-state index contributed by atoms with van der Waals surface area (Å²) in [7, 11) is -4.24. The average molecular weight is 357 g/mol. The number of nitrogens with zero attached hydrogens (tertiary/aromatic N) is 2. The highest BCUT2D eigenvalue weighted by Gasteiger charge is 2.08. The van der Waals surface area contributed by atoms with Crippen LogP contribution in [0.3, 0.4) is 0 Å². The maximum atomic E-state index is 10.9. The molecule has 9 nitrogen and oxygen atoms in total. The van der Waals surface area contributed by atoms with Gasteiger partial charge in [0.1, 0.15) is 0 Å². The van der Waals surface area contributed by atoms with Crippen molar-refractivity contribution in [3.63, 3.8) is 0 Å². The molecule has 0 saturated carbocycles. The zero-order valence-corrected chi connectivity index (χ0v) is 13.0. The first kappa shape index (κ1) is 17.3. The molecular weight excluding hydrogens is 346 g/mol. The molecule has 2 aromatic carbocycles. The van der Waals surface area contributed by atoms with Crippen LogP contribution in [0.15, 0.2) is 62.5 Å². The van der Waals surface area contributed by atoms with E-state index in [0.717, 1.165) is 0 Å². The number of anilines is 1. The number of hydrogen-bond donors (Lipinski definition) is 3. The molecule has 2 rings (SSSR count). The van der Waals surface area contributed by atoms with Gasteiger partial charge in [0.25, 0.3) is 10.1 Å². The minimum atomic E-state index is -4.24. The molecule has 23 heavy (non-hydrogen) atoms. The summed E-state index contributed by atoms with van der Waals surface area (Å²) < 4.78 is 35.0. The molecule has 0 aliphatic heterocycles. The van der Waals surface area contributed by atoms with Crippen molar-refractivity contribution in [2.75, 3.05) is 5.73 Å². The van der Waals surface area contributed by atoms with E-state index in [4.69, 9.17) is 15.5 Å². The zero-order chi connectivity index (χ0) is 16.9. The normalized spacial score (nSPS) is 11.9. The molecule has 0 spiro atoms. The fourth-order valence-corrected chi connectivity index (χ4v) is 2.43. The largest absolute Gasteiger partial charge is 0.398 e. The molecule has 0 aliphatic carbocycles. The van der Waals surface area contributed by atoms with Crippen LogP contribution in [0, 0.1) is 0 Å². The van der Waals surface area contributed by atoms with E-state index in [1.54, 1.807) is 18.2 Å². The fourth-order valence-electron chi connectivity index (χ4n) is 1.51. The second kappa shape index (κ2) is 7.50. The Kier molecular flexibility index (Phi) is 5.65. The topological polar surface area (TPSA) is 144 Å². The smallest absolute Gasteiger partial charge is 0.294 e. The van der Waals surface area contributed by atoms with Crippen LogP contribution in [0.5, 0.6) is 0 Å². The van der Waals surface area contributed by atoms with Gasteiger partial charge in [0.15, 0.2) is 0 Å². The zero-order valence-electron chi connectivity index (χ0n) is 11.4. The van der Waals surface area contributed by atoms with Gasteiger partial charge >= 0.3 is 0 Å². The molecule has 11 heteroatoms. The summed E-state index contributed by atoms with van der Waals surface area (Å²) in [6.45, 7) is 0. The Balaban J connectivity index is 2.16. The van der Waals surface area contributed by atoms with Gasteiger partial charge in [-0.2, -0.15) is 18.6 Å². The highest BCUT2D eigenvalue weighted by molar-refractivity contribution is 7.94. The van der Waals surface area contributed by atoms with Gasteiger partial charge < -0.3 is 5.73 Å². The summed E-state index contributed by atoms with van der Waals surface area (Å²) in [4.78, 5) is 0.223. The first-order valence-electron chi connectivity index (χ1n) is 5.94. The van der Waals surface area contributed by atoms with Crippen LogP contribution in [-0.4, -0.2) is 18.2 Å². The van der Waals surface area contributed by atoms with Gasteiger partial charge in [-0.15, -0.1) is 4.33 Å². The van der Waals surface area contributed by atoms with E-state index in [9.17, 15) is 8.42 Å². The molecule has 0 atom stereocenters. The van der Waals surface area contributed by atoms with E-state index in [1.165, 1.54) is 24.3 Å². The molecule has 0 unspecified atom stereocenters. The standard InChI is InChI=1S/C12H11N3O6S2/c13-11-6-3-9(7-12(11)22-21-20-16)15-14-8-1-4-10(5-2-8)23(17,18)19/h1-7,16H,13H2,(H,17,18,19). The van der Waals surface area contributed by atoms with Crippen molar-refractivity contribution in [2.24, 2.45) is 10.2 Å². The van der Waals surface area contributed by atoms with E-state index in [1.807, 2.05) is 0 Å². The number of rotatable bonds is 6. The lowest BCUT2D eigenvalue weighted by molar-refractivity contribution is -0.432. The summed E-state index contributed by atoms with van der Waals surface area (Å²) in [5, 5.41) is 19.5. The molecule has 0 aromatic heterocycles. The lowest BCUT2D eigenvalue weighted by Crippen LogP contribution is -1.96. The van der Waals surface area contributed by atoms with Gasteiger partial charge in [-0.3, -0.25) is 4.55 Å². The van der Waals surface area contributed by atoms with Crippen molar-refractivity contribution in [3.8, 4) is 0 Å². The summed E-state index contributed by atoms with van der Waals surface area (Å²) in [5.74, 6) is 0. The molecular formula is C12H11N3O6S2. The fraction of sp³-hybridized carbons (Fsp3) is 0. The summed E-state index contributed by atoms with van der Waals surface area (Å²) in [6, 6.07) is 9.93. The quantitative estimate of drug-likeness (QED) is 0.178. The van der Waals surface area contributed by atoms with Crippen molar-refractivity contribution in [1.29, 1.82) is 0 Å². The maximum Gasteiger partial charge on any atom is 0.294 e. The first-order chi connectivity index (χ1) is 10.9. The lowest BCUT2D eigenvalue weighted by Gasteiger charge is -2.03. The third kappa shape index (κ3) is 4.99. The van der Waals surface area contributed by atoms with Gasteiger partial charge in [0, 0.05) is 5.69 Å². The first-order valence-corrected chi connectivity index (χ1v) is 8.12. The third-order valence-corrected chi connectivity index (χ3v) is 4.10. The van der Waals surface area contributed by atoms with Crippen LogP contribution in [0.25, 0.3) is 0 Å². The van der Waals surface area contributed by atoms with Crippen LogP contribution in [0.2, 0.25) is 0 Å². The summed E-state index contributed by atoms with van der Waals surface area (Å²) >= 11 is 0.694. The predicted octanol–water partition coefficient (Wildman–Crippen LogP) is 3.36. The van der Waals surface area contributed by atoms with E-state index in [2.05, 4.69) is 19.6 Å². The van der Waals surface area contributed by atoms with Crippen LogP contribution in [0.4, 0.5) is 17.1 Å². The van der Waals surface area contributed by atoms with Gasteiger partial charge in [-0.25, -0.2) is 5.26 Å².